The van der Waals surface area contributed by atoms with Gasteiger partial charge in [-0.2, -0.15) is 0 Å². The van der Waals surface area contributed by atoms with E-state index in [1.165, 1.54) is 0 Å². The Morgan fingerprint density at radius 3 is 2.91 bits per heavy atom. The van der Waals surface area contributed by atoms with Crippen LogP contribution < -0.4 is 5.32 Å². The molecule has 1 amide bonds. The normalized spacial score (nSPS) is 20.9. The molecule has 32 heavy (non-hydrogen) atoms. The molecule has 0 aliphatic carbocycles. The lowest BCUT2D eigenvalue weighted by Crippen LogP contribution is -2.48. The fourth-order valence-corrected chi connectivity index (χ4v) is 4.77. The van der Waals surface area contributed by atoms with Gasteiger partial charge in [-0.05, 0) is 47.6 Å². The van der Waals surface area contributed by atoms with Crippen LogP contribution in [0.15, 0.2) is 53.1 Å². The zero-order valence-corrected chi connectivity index (χ0v) is 17.8. The zero-order chi connectivity index (χ0) is 22.1. The first-order valence-corrected chi connectivity index (χ1v) is 11.0. The Bertz CT molecular complexity index is 1120. The van der Waals surface area contributed by atoms with E-state index in [-0.39, 0.29) is 18.7 Å². The van der Waals surface area contributed by atoms with Crippen molar-refractivity contribution in [3.8, 4) is 0 Å². The molecule has 2 aliphatic rings. The predicted octanol–water partition coefficient (Wildman–Crippen LogP) is 2.25. The summed E-state index contributed by atoms with van der Waals surface area (Å²) < 4.78 is 17.3. The first-order chi connectivity index (χ1) is 15.5. The number of hydrogen-bond acceptors (Lipinski definition) is 6. The number of benzene rings is 2. The molecule has 1 aromatic heterocycles. The van der Waals surface area contributed by atoms with Crippen LogP contribution in [0.1, 0.15) is 35.1 Å². The van der Waals surface area contributed by atoms with Crippen molar-refractivity contribution >= 4 is 24.0 Å². The van der Waals surface area contributed by atoms with Gasteiger partial charge in [0.15, 0.2) is 0 Å². The van der Waals surface area contributed by atoms with E-state index < -0.39 is 18.7 Å². The maximum Gasteiger partial charge on any atom is 0.475 e. The molecule has 3 N–H and O–H groups in total. The summed E-state index contributed by atoms with van der Waals surface area (Å²) in [6.07, 6.45) is 3.84. The van der Waals surface area contributed by atoms with Crippen LogP contribution in [0.25, 0.3) is 11.0 Å². The summed E-state index contributed by atoms with van der Waals surface area (Å²) in [7, 11) is -1.69. The third-order valence-electron chi connectivity index (χ3n) is 6.45. The monoisotopic (exact) mass is 435 g/mol. The first kappa shape index (κ1) is 21.2. The first-order valence-electron chi connectivity index (χ1n) is 11.0. The number of amides is 1. The number of hydrogen-bond donors (Lipinski definition) is 3. The predicted molar refractivity (Wildman–Crippen MR) is 119 cm³/mol. The summed E-state index contributed by atoms with van der Waals surface area (Å²) in [6, 6.07) is 13.5. The number of furan rings is 1. The van der Waals surface area contributed by atoms with Crippen LogP contribution in [0.3, 0.4) is 0 Å². The van der Waals surface area contributed by atoms with Crippen LogP contribution in [0.5, 0.6) is 0 Å². The number of carbonyl (C=O) groups excluding carboxylic acids is 1. The van der Waals surface area contributed by atoms with Gasteiger partial charge in [-0.15, -0.1) is 0 Å². The minimum atomic E-state index is -1.69. The van der Waals surface area contributed by atoms with Gasteiger partial charge in [0, 0.05) is 12.0 Å². The van der Waals surface area contributed by atoms with Crippen molar-refractivity contribution in [3.05, 3.63) is 71.0 Å². The maximum absolute atomic E-state index is 12.8. The third kappa shape index (κ3) is 4.07. The summed E-state index contributed by atoms with van der Waals surface area (Å²) in [5.41, 5.74) is 4.22. The van der Waals surface area contributed by atoms with Gasteiger partial charge >= 0.3 is 7.12 Å². The van der Waals surface area contributed by atoms with Crippen molar-refractivity contribution < 1.29 is 28.7 Å². The maximum atomic E-state index is 12.8. The van der Waals surface area contributed by atoms with E-state index in [9.17, 15) is 14.8 Å². The summed E-state index contributed by atoms with van der Waals surface area (Å²) in [4.78, 5) is 12.8. The lowest BCUT2D eigenvalue weighted by molar-refractivity contribution is -0.126. The number of carbonyl (C=O) groups is 1. The lowest BCUT2D eigenvalue weighted by Gasteiger charge is -2.33. The van der Waals surface area contributed by atoms with E-state index in [0.717, 1.165) is 52.7 Å². The summed E-state index contributed by atoms with van der Waals surface area (Å²) in [5, 5.41) is 23.4. The molecule has 1 spiro atoms. The van der Waals surface area contributed by atoms with Gasteiger partial charge in [0.1, 0.15) is 11.2 Å². The van der Waals surface area contributed by atoms with Crippen molar-refractivity contribution in [2.45, 2.75) is 43.8 Å². The average Bonchev–Trinajstić information content (AvgIpc) is 3.36. The second-order valence-corrected chi connectivity index (χ2v) is 8.66. The fraction of sp³-hybridized carbons (Fsp3) is 0.375. The number of fused-ring (bicyclic) bond motifs is 3. The van der Waals surface area contributed by atoms with Crippen LogP contribution in [0, 0.1) is 0 Å². The molecule has 3 heterocycles. The Balaban J connectivity index is 1.29. The van der Waals surface area contributed by atoms with Crippen molar-refractivity contribution in [2.24, 2.45) is 0 Å². The Morgan fingerprint density at radius 2 is 2.09 bits per heavy atom. The Morgan fingerprint density at radius 1 is 1.22 bits per heavy atom. The second-order valence-electron chi connectivity index (χ2n) is 8.66. The minimum absolute atomic E-state index is 0.138. The Labute approximate surface area is 186 Å². The SMILES string of the molecule is O=C(Cc1ccc2c(c1)C1(CCCOC1)OC2)N[C@@H](Cc1coc2ccccc12)B(O)O. The Kier molecular flexibility index (Phi) is 5.77. The quantitative estimate of drug-likeness (QED) is 0.514. The van der Waals surface area contributed by atoms with Crippen molar-refractivity contribution in [1.29, 1.82) is 0 Å². The molecule has 0 saturated carbocycles. The molecule has 3 aromatic rings. The van der Waals surface area contributed by atoms with E-state index in [2.05, 4.69) is 5.32 Å². The smallest absolute Gasteiger partial charge is 0.464 e. The highest BCUT2D eigenvalue weighted by molar-refractivity contribution is 6.43. The fourth-order valence-electron chi connectivity index (χ4n) is 4.77. The molecular formula is C24H26BNO6. The van der Waals surface area contributed by atoms with E-state index in [1.807, 2.05) is 42.5 Å². The molecule has 0 bridgehead atoms. The summed E-state index contributed by atoms with van der Waals surface area (Å²) in [5.74, 6) is -1.12. The van der Waals surface area contributed by atoms with Gasteiger partial charge in [-0.3, -0.25) is 4.79 Å². The van der Waals surface area contributed by atoms with E-state index in [0.29, 0.717) is 13.2 Å². The third-order valence-corrected chi connectivity index (χ3v) is 6.45. The van der Waals surface area contributed by atoms with Gasteiger partial charge in [-0.1, -0.05) is 36.4 Å². The highest BCUT2D eigenvalue weighted by atomic mass is 16.5. The molecule has 2 aliphatic heterocycles. The zero-order valence-electron chi connectivity index (χ0n) is 17.8. The molecule has 7 nitrogen and oxygen atoms in total. The van der Waals surface area contributed by atoms with Gasteiger partial charge in [0.2, 0.25) is 5.91 Å². The topological polar surface area (TPSA) is 101 Å². The standard InChI is InChI=1S/C24H26BNO6/c27-23(26-22(25(28)29)12-18-13-31-21-5-2-1-4-19(18)21)11-16-6-7-17-14-32-24(20(17)10-16)8-3-9-30-15-24/h1-2,4-7,10,13,22,28-29H,3,8-9,11-12,14-15H2,(H,26,27)/t22-,24?/m0/s1. The van der Waals surface area contributed by atoms with E-state index in [4.69, 9.17) is 13.9 Å². The molecular weight excluding hydrogens is 409 g/mol. The molecule has 2 aromatic carbocycles. The number of para-hydroxylation sites is 1. The van der Waals surface area contributed by atoms with Crippen LogP contribution in [0.4, 0.5) is 0 Å². The number of nitrogens with one attached hydrogen (secondary N) is 1. The molecule has 166 valence electrons. The van der Waals surface area contributed by atoms with Gasteiger partial charge in [-0.25, -0.2) is 0 Å². The van der Waals surface area contributed by atoms with Gasteiger partial charge < -0.3 is 29.3 Å². The highest BCUT2D eigenvalue weighted by Crippen LogP contribution is 2.42. The second kappa shape index (κ2) is 8.71. The average molecular weight is 435 g/mol. The minimum Gasteiger partial charge on any atom is -0.464 e. The van der Waals surface area contributed by atoms with Crippen molar-refractivity contribution in [2.75, 3.05) is 13.2 Å². The number of rotatable bonds is 6. The molecule has 1 unspecified atom stereocenters. The molecule has 8 heteroatoms. The molecule has 5 rings (SSSR count). The van der Waals surface area contributed by atoms with Crippen LogP contribution in [-0.4, -0.2) is 42.2 Å². The van der Waals surface area contributed by atoms with E-state index >= 15 is 0 Å². The van der Waals surface area contributed by atoms with Gasteiger partial charge in [0.05, 0.1) is 31.8 Å². The van der Waals surface area contributed by atoms with E-state index in [1.54, 1.807) is 6.26 Å². The lowest BCUT2D eigenvalue weighted by atomic mass is 9.75. The van der Waals surface area contributed by atoms with Crippen LogP contribution in [0.2, 0.25) is 0 Å². The molecule has 1 fully saturated rings. The summed E-state index contributed by atoms with van der Waals surface area (Å²) >= 11 is 0. The molecule has 2 atom stereocenters. The number of ether oxygens (including phenoxy) is 2. The van der Waals surface area contributed by atoms with Crippen LogP contribution >= 0.6 is 0 Å². The highest BCUT2D eigenvalue weighted by Gasteiger charge is 2.42. The molecule has 1 saturated heterocycles. The van der Waals surface area contributed by atoms with Crippen LogP contribution in [-0.2, 0) is 39.3 Å². The van der Waals surface area contributed by atoms with Crippen molar-refractivity contribution in [1.82, 2.24) is 5.32 Å². The molecule has 0 radical (unpaired) electrons. The summed E-state index contributed by atoms with van der Waals surface area (Å²) in [6.45, 7) is 1.84. The van der Waals surface area contributed by atoms with Gasteiger partial charge in [0.25, 0.3) is 0 Å². The Hall–Kier alpha value is -2.65. The largest absolute Gasteiger partial charge is 0.475 e. The van der Waals surface area contributed by atoms with Crippen molar-refractivity contribution in [3.63, 3.8) is 0 Å².